The lowest BCUT2D eigenvalue weighted by atomic mass is 10.0. The van der Waals surface area contributed by atoms with Gasteiger partial charge in [-0.1, -0.05) is 0 Å². The van der Waals surface area contributed by atoms with Crippen molar-refractivity contribution in [3.8, 4) is 11.3 Å². The zero-order valence-corrected chi connectivity index (χ0v) is 12.1. The van der Waals surface area contributed by atoms with E-state index in [0.717, 1.165) is 11.1 Å². The molecule has 21 heavy (non-hydrogen) atoms. The van der Waals surface area contributed by atoms with Gasteiger partial charge in [-0.2, -0.15) is 5.10 Å². The lowest BCUT2D eigenvalue weighted by molar-refractivity contribution is 0.199. The predicted molar refractivity (Wildman–Crippen MR) is 80.1 cm³/mol. The minimum atomic E-state index is -0.709. The van der Waals surface area contributed by atoms with Crippen molar-refractivity contribution in [2.75, 3.05) is 0 Å². The van der Waals surface area contributed by atoms with Gasteiger partial charge in [0.15, 0.2) is 5.43 Å². The third-order valence-electron chi connectivity index (χ3n) is 3.44. The first-order valence-corrected chi connectivity index (χ1v) is 6.71. The summed E-state index contributed by atoms with van der Waals surface area (Å²) in [5.74, 6) is 0.450. The van der Waals surface area contributed by atoms with Crippen molar-refractivity contribution in [1.29, 1.82) is 0 Å². The van der Waals surface area contributed by atoms with Crippen LogP contribution in [0.4, 0.5) is 0 Å². The van der Waals surface area contributed by atoms with Gasteiger partial charge in [-0.25, -0.2) is 0 Å². The molecule has 0 spiro atoms. The first-order chi connectivity index (χ1) is 9.95. The lowest BCUT2D eigenvalue weighted by Crippen LogP contribution is -2.04. The Labute approximate surface area is 121 Å². The minimum Gasteiger partial charge on any atom is -0.455 e. The molecule has 2 aromatic heterocycles. The first kappa shape index (κ1) is 13.6. The molecule has 0 bridgehead atoms. The predicted octanol–water partition coefficient (Wildman–Crippen LogP) is 2.56. The zero-order chi connectivity index (χ0) is 15.1. The molecular weight excluding hydrogens is 268 g/mol. The number of aromatic nitrogens is 2. The highest BCUT2D eigenvalue weighted by atomic mass is 16.3. The number of aryl methyl sites for hydroxylation is 2. The molecule has 5 nitrogen and oxygen atoms in total. The number of fused-ring (bicyclic) bond motifs is 1. The Morgan fingerprint density at radius 1 is 1.33 bits per heavy atom. The Bertz CT molecular complexity index is 875. The number of aliphatic hydroxyl groups excluding tert-OH is 1. The smallest absolute Gasteiger partial charge is 0.193 e. The van der Waals surface area contributed by atoms with E-state index in [1.54, 1.807) is 37.1 Å². The molecule has 2 heterocycles. The number of nitrogens with zero attached hydrogens (tertiary/aromatic N) is 2. The summed E-state index contributed by atoms with van der Waals surface area (Å²) in [7, 11) is 1.80. The quantitative estimate of drug-likeness (QED) is 0.785. The highest BCUT2D eigenvalue weighted by Gasteiger charge is 2.15. The molecule has 1 atom stereocenters. The van der Waals surface area contributed by atoms with Gasteiger partial charge in [-0.3, -0.25) is 9.48 Å². The number of hydrogen-bond acceptors (Lipinski definition) is 4. The molecule has 0 aliphatic rings. The number of rotatable bonds is 2. The van der Waals surface area contributed by atoms with Crippen LogP contribution in [0.25, 0.3) is 22.3 Å². The van der Waals surface area contributed by atoms with E-state index in [9.17, 15) is 9.90 Å². The van der Waals surface area contributed by atoms with Gasteiger partial charge in [-0.05, 0) is 31.5 Å². The van der Waals surface area contributed by atoms with Crippen LogP contribution < -0.4 is 5.43 Å². The number of hydrogen-bond donors (Lipinski definition) is 1. The van der Waals surface area contributed by atoms with Gasteiger partial charge in [0.05, 0.1) is 23.3 Å². The van der Waals surface area contributed by atoms with Crippen molar-refractivity contribution in [2.45, 2.75) is 20.0 Å². The molecule has 0 amide bonds. The van der Waals surface area contributed by atoms with Crippen molar-refractivity contribution in [3.63, 3.8) is 0 Å². The standard InChI is InChI=1S/C16H16N2O3/c1-9-4-12(10(2)19)16-13(5-9)14(20)6-15(21-16)11-7-17-18(3)8-11/h4-8,10,19H,1-3H3/t10-/m0/s1. The Hall–Kier alpha value is -2.40. The van der Waals surface area contributed by atoms with E-state index in [2.05, 4.69) is 5.10 Å². The molecule has 0 aliphatic heterocycles. The normalized spacial score (nSPS) is 12.8. The Balaban J connectivity index is 2.35. The van der Waals surface area contributed by atoms with E-state index >= 15 is 0 Å². The van der Waals surface area contributed by atoms with Crippen LogP contribution in [0.15, 0.2) is 39.8 Å². The van der Waals surface area contributed by atoms with Crippen molar-refractivity contribution >= 4 is 11.0 Å². The summed E-state index contributed by atoms with van der Waals surface area (Å²) >= 11 is 0. The molecule has 0 saturated carbocycles. The van der Waals surface area contributed by atoms with E-state index in [-0.39, 0.29) is 5.43 Å². The minimum absolute atomic E-state index is 0.124. The summed E-state index contributed by atoms with van der Waals surface area (Å²) in [6, 6.07) is 5.08. The van der Waals surface area contributed by atoms with Crippen LogP contribution in [0, 0.1) is 6.92 Å². The van der Waals surface area contributed by atoms with Crippen LogP contribution in [0.3, 0.4) is 0 Å². The second-order valence-electron chi connectivity index (χ2n) is 5.28. The molecular formula is C16H16N2O3. The van der Waals surface area contributed by atoms with Gasteiger partial charge < -0.3 is 9.52 Å². The maximum Gasteiger partial charge on any atom is 0.193 e. The number of aliphatic hydroxyl groups is 1. The molecule has 0 fully saturated rings. The fraction of sp³-hybridized carbons (Fsp3) is 0.250. The first-order valence-electron chi connectivity index (χ1n) is 6.71. The third kappa shape index (κ3) is 2.36. The van der Waals surface area contributed by atoms with Gasteiger partial charge in [0.1, 0.15) is 11.3 Å². The topological polar surface area (TPSA) is 68.3 Å². The van der Waals surface area contributed by atoms with Gasteiger partial charge >= 0.3 is 0 Å². The van der Waals surface area contributed by atoms with Crippen molar-refractivity contribution < 1.29 is 9.52 Å². The molecule has 0 radical (unpaired) electrons. The van der Waals surface area contributed by atoms with Crippen LogP contribution in [0.2, 0.25) is 0 Å². The molecule has 1 aromatic carbocycles. The second-order valence-corrected chi connectivity index (χ2v) is 5.28. The zero-order valence-electron chi connectivity index (χ0n) is 12.1. The van der Waals surface area contributed by atoms with Gasteiger partial charge in [0.2, 0.25) is 0 Å². The summed E-state index contributed by atoms with van der Waals surface area (Å²) in [6.45, 7) is 3.55. The van der Waals surface area contributed by atoms with E-state index in [1.807, 2.05) is 13.0 Å². The van der Waals surface area contributed by atoms with E-state index in [1.165, 1.54) is 6.07 Å². The van der Waals surface area contributed by atoms with Crippen LogP contribution in [-0.2, 0) is 7.05 Å². The summed E-state index contributed by atoms with van der Waals surface area (Å²) in [6.07, 6.45) is 2.71. The average Bonchev–Trinajstić information content (AvgIpc) is 2.85. The highest BCUT2D eigenvalue weighted by molar-refractivity contribution is 5.82. The largest absolute Gasteiger partial charge is 0.455 e. The maximum absolute atomic E-state index is 12.3. The fourth-order valence-electron chi connectivity index (χ4n) is 2.44. The molecule has 108 valence electrons. The van der Waals surface area contributed by atoms with Crippen molar-refractivity contribution in [2.24, 2.45) is 7.05 Å². The van der Waals surface area contributed by atoms with Crippen LogP contribution >= 0.6 is 0 Å². The molecule has 0 unspecified atom stereocenters. The Kier molecular flexibility index (Phi) is 3.14. The summed E-state index contributed by atoms with van der Waals surface area (Å²) in [5, 5.41) is 14.5. The Morgan fingerprint density at radius 3 is 2.71 bits per heavy atom. The molecule has 0 saturated heterocycles. The monoisotopic (exact) mass is 284 g/mol. The highest BCUT2D eigenvalue weighted by Crippen LogP contribution is 2.28. The van der Waals surface area contributed by atoms with E-state index < -0.39 is 6.10 Å². The molecule has 3 rings (SSSR count). The second kappa shape index (κ2) is 4.86. The van der Waals surface area contributed by atoms with Crippen LogP contribution in [-0.4, -0.2) is 14.9 Å². The average molecular weight is 284 g/mol. The maximum atomic E-state index is 12.3. The van der Waals surface area contributed by atoms with Gasteiger partial charge in [0.25, 0.3) is 0 Å². The summed E-state index contributed by atoms with van der Waals surface area (Å²) in [5.41, 5.74) is 2.57. The van der Waals surface area contributed by atoms with Crippen LogP contribution in [0.5, 0.6) is 0 Å². The summed E-state index contributed by atoms with van der Waals surface area (Å²) in [4.78, 5) is 12.3. The van der Waals surface area contributed by atoms with Gasteiger partial charge in [-0.15, -0.1) is 0 Å². The third-order valence-corrected chi connectivity index (χ3v) is 3.44. The van der Waals surface area contributed by atoms with Crippen LogP contribution in [0.1, 0.15) is 24.2 Å². The van der Waals surface area contributed by atoms with E-state index in [0.29, 0.717) is 22.3 Å². The fourth-order valence-corrected chi connectivity index (χ4v) is 2.44. The van der Waals surface area contributed by atoms with E-state index in [4.69, 9.17) is 4.42 Å². The molecule has 5 heteroatoms. The van der Waals surface area contributed by atoms with Crippen molar-refractivity contribution in [3.05, 3.63) is 51.9 Å². The number of benzene rings is 1. The SMILES string of the molecule is Cc1cc([C@H](C)O)c2oc(-c3cnn(C)c3)cc(=O)c2c1. The van der Waals surface area contributed by atoms with Crippen molar-refractivity contribution in [1.82, 2.24) is 9.78 Å². The molecule has 3 aromatic rings. The molecule has 0 aliphatic carbocycles. The summed E-state index contributed by atoms with van der Waals surface area (Å²) < 4.78 is 7.52. The molecule has 1 N–H and O–H groups in total. The van der Waals surface area contributed by atoms with Gasteiger partial charge in [0, 0.05) is 24.9 Å². The lowest BCUT2D eigenvalue weighted by Gasteiger charge is -2.10. The Morgan fingerprint density at radius 2 is 2.10 bits per heavy atom.